The monoisotopic (exact) mass is 247 g/mol. The molecule has 0 bridgehead atoms. The van der Waals surface area contributed by atoms with Crippen LogP contribution in [-0.4, -0.2) is 35.1 Å². The van der Waals surface area contributed by atoms with Crippen LogP contribution in [0.2, 0.25) is 0 Å². The Morgan fingerprint density at radius 1 is 1.33 bits per heavy atom. The molecule has 0 aliphatic rings. The lowest BCUT2D eigenvalue weighted by atomic mass is 10.1. The summed E-state index contributed by atoms with van der Waals surface area (Å²) in [7, 11) is 3.94. The van der Waals surface area contributed by atoms with Gasteiger partial charge < -0.3 is 15.6 Å². The number of nitrogens with two attached hydrogens (primary N) is 1. The van der Waals surface area contributed by atoms with E-state index in [1.54, 1.807) is 0 Å². The zero-order valence-electron chi connectivity index (χ0n) is 11.3. The molecule has 1 unspecified atom stereocenters. The summed E-state index contributed by atoms with van der Waals surface area (Å²) in [6.45, 7) is 2.14. The minimum atomic E-state index is 0.170. The first-order valence-electron chi connectivity index (χ1n) is 6.38. The second-order valence-corrected chi connectivity index (χ2v) is 4.87. The number of rotatable bonds is 5. The van der Waals surface area contributed by atoms with Crippen LogP contribution in [0.4, 0.5) is 5.82 Å². The maximum absolute atomic E-state index is 6.03. The van der Waals surface area contributed by atoms with E-state index in [2.05, 4.69) is 21.9 Å². The highest BCUT2D eigenvalue weighted by Crippen LogP contribution is 2.15. The van der Waals surface area contributed by atoms with Crippen molar-refractivity contribution in [2.24, 2.45) is 5.73 Å². The second kappa shape index (κ2) is 5.35. The zero-order valence-corrected chi connectivity index (χ0v) is 11.3. The molecule has 0 aliphatic carbocycles. The van der Waals surface area contributed by atoms with Gasteiger partial charge in [-0.05, 0) is 18.6 Å². The fraction of sp³-hybridized carbons (Fsp3) is 0.538. The molecule has 0 amide bonds. The normalized spacial score (nSPS) is 12.9. The first-order valence-corrected chi connectivity index (χ1v) is 6.38. The van der Waals surface area contributed by atoms with Gasteiger partial charge in [-0.1, -0.05) is 13.3 Å². The topological polar surface area (TPSA) is 70.8 Å². The summed E-state index contributed by atoms with van der Waals surface area (Å²) in [4.78, 5) is 14.2. The van der Waals surface area contributed by atoms with Crippen LogP contribution in [0.25, 0.3) is 11.2 Å². The van der Waals surface area contributed by atoms with Crippen molar-refractivity contribution in [2.45, 2.75) is 32.2 Å². The molecule has 2 aromatic heterocycles. The Labute approximate surface area is 107 Å². The van der Waals surface area contributed by atoms with Gasteiger partial charge in [0.1, 0.15) is 11.6 Å². The fourth-order valence-corrected chi connectivity index (χ4v) is 2.00. The van der Waals surface area contributed by atoms with E-state index in [9.17, 15) is 0 Å². The lowest BCUT2D eigenvalue weighted by Gasteiger charge is -2.09. The number of fused-ring (bicyclic) bond motifs is 1. The van der Waals surface area contributed by atoms with Crippen LogP contribution in [0.15, 0.2) is 12.1 Å². The summed E-state index contributed by atoms with van der Waals surface area (Å²) in [5.41, 5.74) is 7.76. The Bertz CT molecular complexity index is 517. The first kappa shape index (κ1) is 12.8. The van der Waals surface area contributed by atoms with Crippen molar-refractivity contribution in [3.63, 3.8) is 0 Å². The number of aromatic nitrogens is 3. The molecular formula is C13H21N5. The van der Waals surface area contributed by atoms with Gasteiger partial charge in [-0.25, -0.2) is 9.97 Å². The molecule has 5 nitrogen and oxygen atoms in total. The minimum Gasteiger partial charge on any atom is -0.363 e. The molecular weight excluding hydrogens is 226 g/mol. The predicted octanol–water partition coefficient (Wildman–Crippen LogP) is 1.69. The van der Waals surface area contributed by atoms with Crippen LogP contribution in [0, 0.1) is 0 Å². The molecule has 18 heavy (non-hydrogen) atoms. The van der Waals surface area contributed by atoms with E-state index in [4.69, 9.17) is 5.73 Å². The Balaban J connectivity index is 2.21. The number of aromatic amines is 1. The molecule has 5 heteroatoms. The molecule has 0 radical (unpaired) electrons. The number of imidazole rings is 1. The number of nitrogens with one attached hydrogen (secondary N) is 1. The van der Waals surface area contributed by atoms with Crippen LogP contribution in [0.1, 0.15) is 25.6 Å². The highest BCUT2D eigenvalue weighted by atomic mass is 15.1. The van der Waals surface area contributed by atoms with Crippen molar-refractivity contribution in [1.82, 2.24) is 15.0 Å². The molecule has 2 heterocycles. The molecule has 2 aromatic rings. The minimum absolute atomic E-state index is 0.170. The molecule has 3 N–H and O–H groups in total. The molecule has 1 atom stereocenters. The van der Waals surface area contributed by atoms with Gasteiger partial charge in [-0.15, -0.1) is 0 Å². The Kier molecular flexibility index (Phi) is 3.81. The summed E-state index contributed by atoms with van der Waals surface area (Å²) in [5, 5.41) is 0. The molecule has 0 saturated heterocycles. The van der Waals surface area contributed by atoms with E-state index in [0.29, 0.717) is 0 Å². The van der Waals surface area contributed by atoms with Crippen molar-refractivity contribution in [3.05, 3.63) is 18.0 Å². The number of anilines is 1. The SMILES string of the molecule is CCCC(N)Cc1nc2nc(N(C)C)ccc2[nH]1. The second-order valence-electron chi connectivity index (χ2n) is 4.87. The van der Waals surface area contributed by atoms with E-state index in [1.807, 2.05) is 31.1 Å². The van der Waals surface area contributed by atoms with Crippen molar-refractivity contribution in [3.8, 4) is 0 Å². The number of pyridine rings is 1. The summed E-state index contributed by atoms with van der Waals surface area (Å²) in [6, 6.07) is 4.17. The quantitative estimate of drug-likeness (QED) is 0.843. The third kappa shape index (κ3) is 2.79. The number of hydrogen-bond donors (Lipinski definition) is 2. The standard InChI is InChI=1S/C13H21N5/c1-4-5-9(14)8-11-15-10-6-7-12(18(2)3)17-13(10)16-11/h6-7,9H,4-5,8,14H2,1-3H3,(H,15,16,17). The van der Waals surface area contributed by atoms with E-state index >= 15 is 0 Å². The smallest absolute Gasteiger partial charge is 0.179 e. The van der Waals surface area contributed by atoms with E-state index in [0.717, 1.165) is 42.1 Å². The molecule has 98 valence electrons. The molecule has 0 fully saturated rings. The van der Waals surface area contributed by atoms with Crippen LogP contribution in [-0.2, 0) is 6.42 Å². The van der Waals surface area contributed by atoms with Crippen molar-refractivity contribution < 1.29 is 0 Å². The van der Waals surface area contributed by atoms with Gasteiger partial charge in [0, 0.05) is 26.6 Å². The summed E-state index contributed by atoms with van der Waals surface area (Å²) in [5.74, 6) is 1.84. The summed E-state index contributed by atoms with van der Waals surface area (Å²) < 4.78 is 0. The molecule has 0 spiro atoms. The Morgan fingerprint density at radius 3 is 2.78 bits per heavy atom. The maximum atomic E-state index is 6.03. The van der Waals surface area contributed by atoms with Gasteiger partial charge in [0.25, 0.3) is 0 Å². The van der Waals surface area contributed by atoms with Gasteiger partial charge in [-0.2, -0.15) is 0 Å². The maximum Gasteiger partial charge on any atom is 0.179 e. The Morgan fingerprint density at radius 2 is 2.11 bits per heavy atom. The fourth-order valence-electron chi connectivity index (χ4n) is 2.00. The van der Waals surface area contributed by atoms with Gasteiger partial charge in [0.15, 0.2) is 5.65 Å². The van der Waals surface area contributed by atoms with E-state index in [1.165, 1.54) is 0 Å². The average molecular weight is 247 g/mol. The molecule has 0 aromatic carbocycles. The lowest BCUT2D eigenvalue weighted by molar-refractivity contribution is 0.588. The van der Waals surface area contributed by atoms with Gasteiger partial charge in [0.05, 0.1) is 5.52 Å². The van der Waals surface area contributed by atoms with Crippen LogP contribution < -0.4 is 10.6 Å². The van der Waals surface area contributed by atoms with Crippen molar-refractivity contribution >= 4 is 17.0 Å². The molecule has 0 saturated carbocycles. The zero-order chi connectivity index (χ0) is 13.1. The lowest BCUT2D eigenvalue weighted by Crippen LogP contribution is -2.22. The highest BCUT2D eigenvalue weighted by Gasteiger charge is 2.09. The van der Waals surface area contributed by atoms with Crippen LogP contribution in [0.3, 0.4) is 0 Å². The summed E-state index contributed by atoms with van der Waals surface area (Å²) in [6.07, 6.45) is 2.90. The molecule has 0 aliphatic heterocycles. The average Bonchev–Trinajstić information content (AvgIpc) is 2.69. The van der Waals surface area contributed by atoms with Crippen LogP contribution >= 0.6 is 0 Å². The first-order chi connectivity index (χ1) is 8.60. The number of hydrogen-bond acceptors (Lipinski definition) is 4. The van der Waals surface area contributed by atoms with Crippen molar-refractivity contribution in [1.29, 1.82) is 0 Å². The van der Waals surface area contributed by atoms with E-state index < -0.39 is 0 Å². The van der Waals surface area contributed by atoms with Crippen molar-refractivity contribution in [2.75, 3.05) is 19.0 Å². The number of nitrogens with zero attached hydrogens (tertiary/aromatic N) is 3. The highest BCUT2D eigenvalue weighted by molar-refractivity contribution is 5.73. The van der Waals surface area contributed by atoms with Crippen LogP contribution in [0.5, 0.6) is 0 Å². The predicted molar refractivity (Wildman–Crippen MR) is 74.8 cm³/mol. The summed E-state index contributed by atoms with van der Waals surface area (Å²) >= 11 is 0. The molecule has 2 rings (SSSR count). The van der Waals surface area contributed by atoms with Gasteiger partial charge in [0.2, 0.25) is 0 Å². The third-order valence-electron chi connectivity index (χ3n) is 2.95. The third-order valence-corrected chi connectivity index (χ3v) is 2.95. The number of H-pyrrole nitrogens is 1. The van der Waals surface area contributed by atoms with E-state index in [-0.39, 0.29) is 6.04 Å². The van der Waals surface area contributed by atoms with Gasteiger partial charge in [-0.3, -0.25) is 0 Å². The van der Waals surface area contributed by atoms with Gasteiger partial charge >= 0.3 is 0 Å². The largest absolute Gasteiger partial charge is 0.363 e. The Hall–Kier alpha value is -1.62.